The van der Waals surface area contributed by atoms with Crippen molar-refractivity contribution in [3.8, 4) is 0 Å². The average Bonchev–Trinajstić information content (AvgIpc) is 2.32. The Morgan fingerprint density at radius 1 is 1.53 bits per heavy atom. The number of nitrogens with two attached hydrogens (primary N) is 1. The van der Waals surface area contributed by atoms with Crippen molar-refractivity contribution in [2.45, 2.75) is 32.6 Å². The van der Waals surface area contributed by atoms with E-state index in [0.717, 1.165) is 17.6 Å². The minimum atomic E-state index is -0.507. The van der Waals surface area contributed by atoms with Crippen LogP contribution in [0.15, 0.2) is 22.7 Å². The van der Waals surface area contributed by atoms with E-state index in [0.29, 0.717) is 6.54 Å². The number of carbonyl (C=O) groups is 1. The summed E-state index contributed by atoms with van der Waals surface area (Å²) in [6, 6.07) is 6.30. The predicted molar refractivity (Wildman–Crippen MR) is 77.7 cm³/mol. The lowest BCUT2D eigenvalue weighted by Crippen LogP contribution is -2.51. The molecular weight excluding hydrogens is 308 g/mol. The van der Waals surface area contributed by atoms with E-state index >= 15 is 0 Å². The number of primary amides is 1. The van der Waals surface area contributed by atoms with Gasteiger partial charge < -0.3 is 10.5 Å². The molecule has 1 fully saturated rings. The molecule has 5 heteroatoms. The number of benzene rings is 1. The first-order chi connectivity index (χ1) is 8.95. The molecule has 1 amide bonds. The van der Waals surface area contributed by atoms with Crippen LogP contribution in [0.2, 0.25) is 0 Å². The standard InChI is InChI=1S/C14H19BrN2O2/c1-9-3-4-11(12(15)5-9)7-17-6-10(2)19-13(8-17)14(16)18/h3-5,10,13H,6-8H2,1-2H3,(H2,16,18)/t10-,13?/m1/s1. The first-order valence-electron chi connectivity index (χ1n) is 6.38. The second-order valence-corrected chi connectivity index (χ2v) is 5.98. The summed E-state index contributed by atoms with van der Waals surface area (Å²) in [7, 11) is 0. The molecule has 2 atom stereocenters. The van der Waals surface area contributed by atoms with Crippen molar-refractivity contribution in [1.82, 2.24) is 4.90 Å². The molecule has 2 rings (SSSR count). The Morgan fingerprint density at radius 2 is 2.26 bits per heavy atom. The summed E-state index contributed by atoms with van der Waals surface area (Å²) in [6.45, 7) is 6.18. The fraction of sp³-hybridized carbons (Fsp3) is 0.500. The fourth-order valence-electron chi connectivity index (χ4n) is 2.35. The molecule has 0 saturated carbocycles. The Morgan fingerprint density at radius 3 is 2.89 bits per heavy atom. The molecule has 0 spiro atoms. The highest BCUT2D eigenvalue weighted by atomic mass is 79.9. The molecule has 1 saturated heterocycles. The number of amides is 1. The van der Waals surface area contributed by atoms with Crippen LogP contribution in [0.4, 0.5) is 0 Å². The van der Waals surface area contributed by atoms with Gasteiger partial charge in [-0.15, -0.1) is 0 Å². The number of morpholine rings is 1. The van der Waals surface area contributed by atoms with Crippen LogP contribution in [0.25, 0.3) is 0 Å². The highest BCUT2D eigenvalue weighted by Crippen LogP contribution is 2.22. The maximum Gasteiger partial charge on any atom is 0.247 e. The molecule has 1 aromatic rings. The Labute approximate surface area is 122 Å². The maximum atomic E-state index is 11.3. The maximum absolute atomic E-state index is 11.3. The van der Waals surface area contributed by atoms with Gasteiger partial charge in [0.1, 0.15) is 6.10 Å². The number of nitrogens with zero attached hydrogens (tertiary/aromatic N) is 1. The van der Waals surface area contributed by atoms with Gasteiger partial charge in [-0.2, -0.15) is 0 Å². The SMILES string of the molecule is Cc1ccc(CN2CC(C(N)=O)O[C@H](C)C2)c(Br)c1. The zero-order chi connectivity index (χ0) is 14.0. The molecule has 0 radical (unpaired) electrons. The zero-order valence-corrected chi connectivity index (χ0v) is 12.8. The van der Waals surface area contributed by atoms with Crippen LogP contribution < -0.4 is 5.73 Å². The van der Waals surface area contributed by atoms with Crippen LogP contribution in [0.5, 0.6) is 0 Å². The van der Waals surface area contributed by atoms with Crippen LogP contribution in [-0.4, -0.2) is 36.1 Å². The van der Waals surface area contributed by atoms with E-state index in [-0.39, 0.29) is 12.0 Å². The zero-order valence-electron chi connectivity index (χ0n) is 11.2. The van der Waals surface area contributed by atoms with Gasteiger partial charge in [-0.05, 0) is 31.0 Å². The summed E-state index contributed by atoms with van der Waals surface area (Å²) in [6.07, 6.45) is -0.483. The Kier molecular flexibility index (Phi) is 4.60. The molecule has 104 valence electrons. The first kappa shape index (κ1) is 14.5. The van der Waals surface area contributed by atoms with Crippen LogP contribution in [-0.2, 0) is 16.1 Å². The quantitative estimate of drug-likeness (QED) is 0.922. The lowest BCUT2D eigenvalue weighted by atomic mass is 10.1. The second kappa shape index (κ2) is 6.03. The van der Waals surface area contributed by atoms with Crippen molar-refractivity contribution < 1.29 is 9.53 Å². The number of halogens is 1. The van der Waals surface area contributed by atoms with E-state index in [9.17, 15) is 4.79 Å². The third kappa shape index (κ3) is 3.78. The van der Waals surface area contributed by atoms with E-state index in [2.05, 4.69) is 46.0 Å². The summed E-state index contributed by atoms with van der Waals surface area (Å²) in [5.74, 6) is -0.389. The smallest absolute Gasteiger partial charge is 0.247 e. The molecule has 0 bridgehead atoms. The molecule has 0 aliphatic carbocycles. The van der Waals surface area contributed by atoms with Crippen molar-refractivity contribution in [2.24, 2.45) is 5.73 Å². The van der Waals surface area contributed by atoms with Crippen molar-refractivity contribution in [2.75, 3.05) is 13.1 Å². The first-order valence-corrected chi connectivity index (χ1v) is 7.17. The largest absolute Gasteiger partial charge is 0.367 e. The highest BCUT2D eigenvalue weighted by molar-refractivity contribution is 9.10. The fourth-order valence-corrected chi connectivity index (χ4v) is 2.97. The number of aryl methyl sites for hydroxylation is 1. The molecule has 1 heterocycles. The minimum Gasteiger partial charge on any atom is -0.367 e. The summed E-state index contributed by atoms with van der Waals surface area (Å²) in [4.78, 5) is 13.5. The van der Waals surface area contributed by atoms with Crippen LogP contribution in [0.1, 0.15) is 18.1 Å². The van der Waals surface area contributed by atoms with Crippen molar-refractivity contribution >= 4 is 21.8 Å². The molecule has 1 unspecified atom stereocenters. The number of ether oxygens (including phenoxy) is 1. The van der Waals surface area contributed by atoms with Gasteiger partial charge in [-0.25, -0.2) is 0 Å². The Hall–Kier alpha value is -0.910. The summed E-state index contributed by atoms with van der Waals surface area (Å²) >= 11 is 3.58. The van der Waals surface area contributed by atoms with Gasteiger partial charge in [0.2, 0.25) is 5.91 Å². The van der Waals surface area contributed by atoms with E-state index in [1.165, 1.54) is 11.1 Å². The normalized spacial score (nSPS) is 24.4. The monoisotopic (exact) mass is 326 g/mol. The van der Waals surface area contributed by atoms with Gasteiger partial charge in [0, 0.05) is 24.1 Å². The lowest BCUT2D eigenvalue weighted by molar-refractivity contribution is -0.142. The van der Waals surface area contributed by atoms with Crippen LogP contribution >= 0.6 is 15.9 Å². The molecule has 0 aromatic heterocycles. The van der Waals surface area contributed by atoms with Crippen molar-refractivity contribution in [3.05, 3.63) is 33.8 Å². The Bertz CT molecular complexity index is 479. The van der Waals surface area contributed by atoms with Gasteiger partial charge in [0.25, 0.3) is 0 Å². The molecule has 2 N–H and O–H groups in total. The predicted octanol–water partition coefficient (Wildman–Crippen LogP) is 1.83. The van der Waals surface area contributed by atoms with Crippen LogP contribution in [0.3, 0.4) is 0 Å². The Balaban J connectivity index is 2.07. The molecule has 4 nitrogen and oxygen atoms in total. The van der Waals surface area contributed by atoms with Crippen molar-refractivity contribution in [3.63, 3.8) is 0 Å². The van der Waals surface area contributed by atoms with Crippen LogP contribution in [0, 0.1) is 6.92 Å². The minimum absolute atomic E-state index is 0.0236. The van der Waals surface area contributed by atoms with E-state index in [1.807, 2.05) is 6.92 Å². The van der Waals surface area contributed by atoms with Gasteiger partial charge in [-0.3, -0.25) is 9.69 Å². The highest BCUT2D eigenvalue weighted by Gasteiger charge is 2.28. The molecular formula is C14H19BrN2O2. The lowest BCUT2D eigenvalue weighted by Gasteiger charge is -2.35. The van der Waals surface area contributed by atoms with Gasteiger partial charge >= 0.3 is 0 Å². The topological polar surface area (TPSA) is 55.6 Å². The number of carbonyl (C=O) groups excluding carboxylic acids is 1. The third-order valence-corrected chi connectivity index (χ3v) is 3.99. The third-order valence-electron chi connectivity index (χ3n) is 3.26. The summed E-state index contributed by atoms with van der Waals surface area (Å²) in [5.41, 5.74) is 7.77. The second-order valence-electron chi connectivity index (χ2n) is 5.13. The van der Waals surface area contributed by atoms with E-state index in [4.69, 9.17) is 10.5 Å². The van der Waals surface area contributed by atoms with Gasteiger partial charge in [-0.1, -0.05) is 28.1 Å². The van der Waals surface area contributed by atoms with Crippen molar-refractivity contribution in [1.29, 1.82) is 0 Å². The molecule has 1 aliphatic heterocycles. The van der Waals surface area contributed by atoms with E-state index < -0.39 is 6.10 Å². The average molecular weight is 327 g/mol. The number of hydrogen-bond donors (Lipinski definition) is 1. The number of hydrogen-bond acceptors (Lipinski definition) is 3. The van der Waals surface area contributed by atoms with Gasteiger partial charge in [0.05, 0.1) is 6.10 Å². The number of rotatable bonds is 3. The molecule has 1 aromatic carbocycles. The van der Waals surface area contributed by atoms with Gasteiger partial charge in [0.15, 0.2) is 0 Å². The molecule has 1 aliphatic rings. The van der Waals surface area contributed by atoms with E-state index in [1.54, 1.807) is 0 Å². The molecule has 19 heavy (non-hydrogen) atoms. The summed E-state index contributed by atoms with van der Waals surface area (Å²) in [5, 5.41) is 0. The summed E-state index contributed by atoms with van der Waals surface area (Å²) < 4.78 is 6.64.